The summed E-state index contributed by atoms with van der Waals surface area (Å²) in [6.07, 6.45) is -31.1. The lowest BCUT2D eigenvalue weighted by atomic mass is 9.90. The average molecular weight is 994 g/mol. The summed E-state index contributed by atoms with van der Waals surface area (Å²) in [5.74, 6) is 0. The molecule has 9 aromatic rings. The fourth-order valence-corrected chi connectivity index (χ4v) is 8.72. The van der Waals surface area contributed by atoms with Gasteiger partial charge in [0.1, 0.15) is 0 Å². The third-order valence-electron chi connectivity index (χ3n) is 11.7. The number of hydrogen-bond donors (Lipinski definition) is 0. The summed E-state index contributed by atoms with van der Waals surface area (Å²) in [7, 11) is 0. The van der Waals surface area contributed by atoms with E-state index < -0.39 is 109 Å². The number of fused-ring (bicyclic) bond motifs is 6. The minimum Gasteiger partial charge on any atom is -0.309 e. The maximum atomic E-state index is 14.7. The zero-order valence-corrected chi connectivity index (χ0v) is 34.3. The van der Waals surface area contributed by atoms with Gasteiger partial charge in [-0.3, -0.25) is 0 Å². The van der Waals surface area contributed by atoms with Crippen molar-refractivity contribution in [3.8, 4) is 39.7 Å². The molecule has 0 saturated heterocycles. The Morgan fingerprint density at radius 1 is 0.343 bits per heavy atom. The third-order valence-corrected chi connectivity index (χ3v) is 11.7. The smallest absolute Gasteiger partial charge is 0.309 e. The molecule has 0 atom stereocenters. The molecule has 0 bridgehead atoms. The fraction of sp³-hybridized carbons (Fsp3) is 0.122. The third kappa shape index (κ3) is 8.07. The summed E-state index contributed by atoms with van der Waals surface area (Å²) in [5, 5.41) is 8.35. The molecular formula is C49H21F18N3. The molecule has 9 rings (SSSR count). The summed E-state index contributed by atoms with van der Waals surface area (Å²) in [5.41, 5.74) is -13.8. The van der Waals surface area contributed by atoms with Crippen LogP contribution in [0.15, 0.2) is 127 Å². The second-order valence-electron chi connectivity index (χ2n) is 15.9. The Balaban J connectivity index is 1.47. The summed E-state index contributed by atoms with van der Waals surface area (Å²) >= 11 is 0. The Labute approximate surface area is 379 Å². The van der Waals surface area contributed by atoms with Gasteiger partial charge in [-0.1, -0.05) is 18.2 Å². The van der Waals surface area contributed by atoms with Crippen molar-refractivity contribution in [1.29, 1.82) is 5.26 Å². The molecule has 0 unspecified atom stereocenters. The first-order chi connectivity index (χ1) is 32.5. The van der Waals surface area contributed by atoms with E-state index in [9.17, 15) is 84.3 Å². The molecule has 0 aliphatic carbocycles. The normalized spacial score (nSPS) is 13.3. The van der Waals surface area contributed by atoms with Gasteiger partial charge in [0.25, 0.3) is 0 Å². The van der Waals surface area contributed by atoms with E-state index in [-0.39, 0.29) is 44.6 Å². The van der Waals surface area contributed by atoms with E-state index in [1.807, 2.05) is 6.07 Å². The van der Waals surface area contributed by atoms with Crippen LogP contribution in [0.2, 0.25) is 0 Å². The molecule has 0 spiro atoms. The summed E-state index contributed by atoms with van der Waals surface area (Å²) in [4.78, 5) is 0. The van der Waals surface area contributed by atoms with Gasteiger partial charge < -0.3 is 9.13 Å². The molecule has 0 aliphatic heterocycles. The Morgan fingerprint density at radius 3 is 1.06 bits per heavy atom. The summed E-state index contributed by atoms with van der Waals surface area (Å²) in [6, 6.07) is 16.8. The highest BCUT2D eigenvalue weighted by Gasteiger charge is 2.42. The Morgan fingerprint density at radius 2 is 0.714 bits per heavy atom. The number of hydrogen-bond acceptors (Lipinski definition) is 1. The van der Waals surface area contributed by atoms with E-state index in [1.54, 1.807) is 0 Å². The standard InChI is InChI=1S/C49H21F18N3/c50-44(51,52)25-6-12-38-31(18-25)32-19-26(45(53,54)55)7-13-39(32)69(38)37-11-5-24(43-35(48(62,63)64)2-1-3-36(43)49(65,66)67)17-30(37)29-10-4-23(22-68)16-42(29)70-40-14-8-27(46(56,57)58)20-33(40)34-21-28(47(59,60)61)9-15-41(34)70/h1-21H. The van der Waals surface area contributed by atoms with Crippen LogP contribution < -0.4 is 0 Å². The zero-order chi connectivity index (χ0) is 50.8. The number of rotatable bonds is 4. The molecule has 0 amide bonds. The lowest BCUT2D eigenvalue weighted by molar-refractivity contribution is -0.142. The fourth-order valence-electron chi connectivity index (χ4n) is 8.72. The second kappa shape index (κ2) is 15.7. The van der Waals surface area contributed by atoms with Gasteiger partial charge in [-0.15, -0.1) is 0 Å². The number of halogens is 18. The first kappa shape index (κ1) is 47.4. The first-order valence-corrected chi connectivity index (χ1v) is 19.9. The van der Waals surface area contributed by atoms with Crippen LogP contribution in [0, 0.1) is 11.3 Å². The topological polar surface area (TPSA) is 33.6 Å². The van der Waals surface area contributed by atoms with Crippen molar-refractivity contribution < 1.29 is 79.0 Å². The number of aromatic nitrogens is 2. The van der Waals surface area contributed by atoms with E-state index in [4.69, 9.17) is 0 Å². The van der Waals surface area contributed by atoms with Crippen LogP contribution in [-0.4, -0.2) is 9.13 Å². The van der Waals surface area contributed by atoms with Crippen molar-refractivity contribution in [3.05, 3.63) is 166 Å². The number of alkyl halides is 18. The molecule has 358 valence electrons. The van der Waals surface area contributed by atoms with Crippen molar-refractivity contribution in [2.24, 2.45) is 0 Å². The van der Waals surface area contributed by atoms with Gasteiger partial charge in [0.2, 0.25) is 0 Å². The molecule has 0 fully saturated rings. The van der Waals surface area contributed by atoms with Gasteiger partial charge in [0.15, 0.2) is 0 Å². The van der Waals surface area contributed by atoms with Gasteiger partial charge in [-0.05, 0) is 115 Å². The summed E-state index contributed by atoms with van der Waals surface area (Å²) < 4.78 is 261. The van der Waals surface area contributed by atoms with Gasteiger partial charge >= 0.3 is 37.1 Å². The van der Waals surface area contributed by atoms with Crippen molar-refractivity contribution >= 4 is 43.6 Å². The van der Waals surface area contributed by atoms with E-state index in [1.165, 1.54) is 0 Å². The molecule has 2 heterocycles. The van der Waals surface area contributed by atoms with Crippen LogP contribution in [-0.2, 0) is 37.1 Å². The van der Waals surface area contributed by atoms with E-state index >= 15 is 0 Å². The van der Waals surface area contributed by atoms with Crippen LogP contribution in [0.4, 0.5) is 79.0 Å². The van der Waals surface area contributed by atoms with Crippen LogP contribution >= 0.6 is 0 Å². The molecule has 0 N–H and O–H groups in total. The predicted octanol–water partition coefficient (Wildman–Crippen LogP) is 17.2. The van der Waals surface area contributed by atoms with Crippen LogP contribution in [0.25, 0.3) is 77.2 Å². The molecule has 3 nitrogen and oxygen atoms in total. The SMILES string of the molecule is N#Cc1ccc(-c2cc(-c3c(C(F)(F)F)cccc3C(F)(F)F)ccc2-n2c3ccc(C(F)(F)F)cc3c3cc(C(F)(F)F)ccc32)c(-n2c3ccc(C(F)(F)F)cc3c3cc(C(F)(F)F)ccc32)c1. The van der Waals surface area contributed by atoms with Gasteiger partial charge in [-0.25, -0.2) is 0 Å². The number of nitrogens with zero attached hydrogens (tertiary/aromatic N) is 3. The molecule has 0 aliphatic rings. The average Bonchev–Trinajstić information content (AvgIpc) is 3.78. The Kier molecular flexibility index (Phi) is 10.6. The lowest BCUT2D eigenvalue weighted by Gasteiger charge is -2.22. The number of nitriles is 1. The maximum absolute atomic E-state index is 14.7. The van der Waals surface area contributed by atoms with Crippen molar-refractivity contribution in [3.63, 3.8) is 0 Å². The predicted molar refractivity (Wildman–Crippen MR) is 221 cm³/mol. The minimum atomic E-state index is -5.46. The number of benzene rings is 7. The largest absolute Gasteiger partial charge is 0.417 e. The first-order valence-electron chi connectivity index (χ1n) is 19.9. The van der Waals surface area contributed by atoms with E-state index in [0.717, 1.165) is 69.8 Å². The van der Waals surface area contributed by atoms with Crippen molar-refractivity contribution in [2.45, 2.75) is 37.1 Å². The highest BCUT2D eigenvalue weighted by Crippen LogP contribution is 2.49. The Hall–Kier alpha value is -7.63. The molecule has 21 heteroatoms. The molecule has 0 saturated carbocycles. The Bertz CT molecular complexity index is 3470. The summed E-state index contributed by atoms with van der Waals surface area (Å²) in [6.45, 7) is 0. The van der Waals surface area contributed by atoms with Crippen LogP contribution in [0.1, 0.15) is 38.9 Å². The van der Waals surface area contributed by atoms with Crippen LogP contribution in [0.5, 0.6) is 0 Å². The van der Waals surface area contributed by atoms with Gasteiger partial charge in [0.05, 0.1) is 78.5 Å². The second-order valence-corrected chi connectivity index (χ2v) is 15.9. The van der Waals surface area contributed by atoms with Gasteiger partial charge in [-0.2, -0.15) is 84.3 Å². The van der Waals surface area contributed by atoms with Crippen molar-refractivity contribution in [2.75, 3.05) is 0 Å². The molecular weight excluding hydrogens is 973 g/mol. The van der Waals surface area contributed by atoms with Gasteiger partial charge in [0, 0.05) is 38.2 Å². The minimum absolute atomic E-state index is 0.247. The maximum Gasteiger partial charge on any atom is 0.417 e. The molecule has 70 heavy (non-hydrogen) atoms. The van der Waals surface area contributed by atoms with E-state index in [0.29, 0.717) is 66.7 Å². The zero-order valence-electron chi connectivity index (χ0n) is 34.3. The van der Waals surface area contributed by atoms with Crippen molar-refractivity contribution in [1.82, 2.24) is 9.13 Å². The quantitative estimate of drug-likeness (QED) is 0.162. The molecule has 2 aromatic heterocycles. The monoisotopic (exact) mass is 993 g/mol. The van der Waals surface area contributed by atoms with E-state index in [2.05, 4.69) is 0 Å². The highest BCUT2D eigenvalue weighted by molar-refractivity contribution is 6.12. The molecule has 7 aromatic carbocycles. The highest BCUT2D eigenvalue weighted by atomic mass is 19.4. The molecule has 0 radical (unpaired) electrons. The lowest BCUT2D eigenvalue weighted by Crippen LogP contribution is -2.14. The van der Waals surface area contributed by atoms with Crippen LogP contribution in [0.3, 0.4) is 0 Å².